The molecule has 1 atom stereocenters. The van der Waals surface area contributed by atoms with E-state index < -0.39 is 6.04 Å². The third-order valence-electron chi connectivity index (χ3n) is 5.10. The molecule has 9 nitrogen and oxygen atoms in total. The maximum Gasteiger partial charge on any atom is 0.409 e. The first-order valence-electron chi connectivity index (χ1n) is 9.89. The van der Waals surface area contributed by atoms with Gasteiger partial charge in [-0.1, -0.05) is 12.1 Å². The van der Waals surface area contributed by atoms with Gasteiger partial charge in [-0.15, -0.1) is 0 Å². The van der Waals surface area contributed by atoms with Gasteiger partial charge < -0.3 is 25.6 Å². The van der Waals surface area contributed by atoms with Crippen molar-refractivity contribution in [3.05, 3.63) is 29.8 Å². The summed E-state index contributed by atoms with van der Waals surface area (Å²) in [7, 11) is 0. The molecule has 3 rings (SSSR count). The van der Waals surface area contributed by atoms with Crippen LogP contribution in [-0.2, 0) is 14.3 Å². The molecular formula is C20H26N4O5. The Labute approximate surface area is 169 Å². The molecule has 1 saturated heterocycles. The van der Waals surface area contributed by atoms with Crippen LogP contribution in [0.5, 0.6) is 0 Å². The zero-order valence-corrected chi connectivity index (χ0v) is 16.4. The molecule has 0 spiro atoms. The number of rotatable bonds is 5. The topological polar surface area (TPSA) is 117 Å². The number of nitrogens with one attached hydrogen (secondary N) is 3. The number of hydrogen-bond donors (Lipinski definition) is 3. The largest absolute Gasteiger partial charge is 0.450 e. The van der Waals surface area contributed by atoms with Gasteiger partial charge in [-0.05, 0) is 38.3 Å². The highest BCUT2D eigenvalue weighted by molar-refractivity contribution is 6.09. The second-order valence-electron chi connectivity index (χ2n) is 7.13. The Morgan fingerprint density at radius 1 is 1.21 bits per heavy atom. The van der Waals surface area contributed by atoms with Gasteiger partial charge in [0.25, 0.3) is 5.91 Å². The number of amides is 4. The first-order chi connectivity index (χ1) is 14.0. The minimum atomic E-state index is -0.772. The van der Waals surface area contributed by atoms with E-state index in [9.17, 15) is 19.2 Å². The number of ether oxygens (including phenoxy) is 1. The average molecular weight is 402 g/mol. The van der Waals surface area contributed by atoms with Crippen molar-refractivity contribution in [2.45, 2.75) is 44.7 Å². The molecule has 4 amide bonds. The van der Waals surface area contributed by atoms with Crippen molar-refractivity contribution >= 4 is 29.5 Å². The number of para-hydroxylation sites is 1. The van der Waals surface area contributed by atoms with Crippen LogP contribution < -0.4 is 16.0 Å². The Hall–Kier alpha value is -3.10. The Bertz CT molecular complexity index is 789. The second kappa shape index (κ2) is 9.40. The van der Waals surface area contributed by atoms with Crippen molar-refractivity contribution < 1.29 is 23.9 Å². The van der Waals surface area contributed by atoms with Gasteiger partial charge in [0.1, 0.15) is 6.04 Å². The molecule has 0 radical (unpaired) electrons. The molecule has 0 aromatic heterocycles. The van der Waals surface area contributed by atoms with Gasteiger partial charge in [0.15, 0.2) is 0 Å². The Morgan fingerprint density at radius 3 is 2.66 bits per heavy atom. The van der Waals surface area contributed by atoms with Crippen molar-refractivity contribution in [3.8, 4) is 0 Å². The van der Waals surface area contributed by atoms with Crippen molar-refractivity contribution in [2.24, 2.45) is 0 Å². The lowest BCUT2D eigenvalue weighted by molar-refractivity contribution is -0.122. The minimum Gasteiger partial charge on any atom is -0.450 e. The average Bonchev–Trinajstić information content (AvgIpc) is 2.83. The van der Waals surface area contributed by atoms with E-state index >= 15 is 0 Å². The van der Waals surface area contributed by atoms with Gasteiger partial charge in [-0.25, -0.2) is 4.79 Å². The molecule has 2 heterocycles. The van der Waals surface area contributed by atoms with Gasteiger partial charge in [0.05, 0.1) is 17.9 Å². The summed E-state index contributed by atoms with van der Waals surface area (Å²) in [6.45, 7) is 3.17. The second-order valence-corrected chi connectivity index (χ2v) is 7.13. The lowest BCUT2D eigenvalue weighted by Crippen LogP contribution is -2.47. The summed E-state index contributed by atoms with van der Waals surface area (Å²) in [5, 5.41) is 8.36. The highest BCUT2D eigenvalue weighted by Crippen LogP contribution is 2.19. The highest BCUT2D eigenvalue weighted by Gasteiger charge is 2.29. The molecule has 1 fully saturated rings. The molecule has 0 saturated carbocycles. The molecule has 2 aliphatic rings. The monoisotopic (exact) mass is 402 g/mol. The smallest absolute Gasteiger partial charge is 0.409 e. The van der Waals surface area contributed by atoms with Gasteiger partial charge in [-0.3, -0.25) is 14.4 Å². The summed E-state index contributed by atoms with van der Waals surface area (Å²) in [4.78, 5) is 50.3. The van der Waals surface area contributed by atoms with Gasteiger partial charge in [-0.2, -0.15) is 0 Å². The van der Waals surface area contributed by atoms with E-state index in [0.29, 0.717) is 43.8 Å². The lowest BCUT2D eigenvalue weighted by Gasteiger charge is -2.31. The number of carbonyl (C=O) groups excluding carboxylic acids is 4. The molecular weight excluding hydrogens is 376 g/mol. The number of benzene rings is 1. The van der Waals surface area contributed by atoms with Gasteiger partial charge >= 0.3 is 6.09 Å². The maximum absolute atomic E-state index is 12.4. The fraction of sp³-hybridized carbons (Fsp3) is 0.500. The summed E-state index contributed by atoms with van der Waals surface area (Å²) >= 11 is 0. The van der Waals surface area contributed by atoms with Crippen LogP contribution in [0.2, 0.25) is 0 Å². The molecule has 29 heavy (non-hydrogen) atoms. The van der Waals surface area contributed by atoms with E-state index in [1.54, 1.807) is 36.1 Å². The molecule has 3 N–H and O–H groups in total. The van der Waals surface area contributed by atoms with Gasteiger partial charge in [0.2, 0.25) is 11.8 Å². The zero-order chi connectivity index (χ0) is 20.8. The highest BCUT2D eigenvalue weighted by atomic mass is 16.6. The molecule has 0 bridgehead atoms. The van der Waals surface area contributed by atoms with Crippen LogP contribution >= 0.6 is 0 Å². The van der Waals surface area contributed by atoms with Crippen LogP contribution in [-0.4, -0.2) is 60.5 Å². The summed E-state index contributed by atoms with van der Waals surface area (Å²) in [6, 6.07) is 5.99. The number of carbonyl (C=O) groups is 4. The summed E-state index contributed by atoms with van der Waals surface area (Å²) in [6.07, 6.45) is 1.31. The van der Waals surface area contributed by atoms with E-state index in [1.807, 2.05) is 0 Å². The third-order valence-corrected chi connectivity index (χ3v) is 5.10. The summed E-state index contributed by atoms with van der Waals surface area (Å²) in [5.74, 6) is -0.849. The number of hydrogen-bond acceptors (Lipinski definition) is 5. The van der Waals surface area contributed by atoms with Crippen molar-refractivity contribution in [3.63, 3.8) is 0 Å². The Kier molecular flexibility index (Phi) is 6.69. The lowest BCUT2D eigenvalue weighted by atomic mass is 10.0. The van der Waals surface area contributed by atoms with Crippen molar-refractivity contribution in [1.82, 2.24) is 15.5 Å². The van der Waals surface area contributed by atoms with Crippen LogP contribution in [0.4, 0.5) is 10.5 Å². The number of piperidine rings is 1. The molecule has 1 aromatic carbocycles. The predicted octanol–water partition coefficient (Wildman–Crippen LogP) is 1.25. The fourth-order valence-corrected chi connectivity index (χ4v) is 3.51. The summed E-state index contributed by atoms with van der Waals surface area (Å²) in [5.41, 5.74) is 0.872. The normalized spacial score (nSPS) is 19.5. The van der Waals surface area contributed by atoms with Crippen molar-refractivity contribution in [2.75, 3.05) is 25.0 Å². The molecule has 1 unspecified atom stereocenters. The minimum absolute atomic E-state index is 0.0185. The van der Waals surface area contributed by atoms with Crippen LogP contribution in [0.3, 0.4) is 0 Å². The molecule has 156 valence electrons. The van der Waals surface area contributed by atoms with E-state index in [0.717, 1.165) is 0 Å². The standard InChI is InChI=1S/C20H26N4O5/c1-2-29-20(28)24-11-9-13(10-12-24)21-17(25)8-7-16-19(27)22-15-6-4-3-5-14(15)18(26)23-16/h3-6,13,16H,2,7-12H2,1H3,(H,21,25)(H,22,27)(H,23,26). The number of likely N-dealkylation sites (tertiary alicyclic amines) is 1. The number of nitrogens with zero attached hydrogens (tertiary/aromatic N) is 1. The summed E-state index contributed by atoms with van der Waals surface area (Å²) < 4.78 is 4.98. The molecule has 1 aromatic rings. The Balaban J connectivity index is 1.45. The van der Waals surface area contributed by atoms with E-state index in [1.165, 1.54) is 0 Å². The first kappa shape index (κ1) is 20.6. The maximum atomic E-state index is 12.4. The quantitative estimate of drug-likeness (QED) is 0.685. The molecule has 9 heteroatoms. The van der Waals surface area contributed by atoms with Crippen LogP contribution in [0.15, 0.2) is 24.3 Å². The van der Waals surface area contributed by atoms with E-state index in [2.05, 4.69) is 16.0 Å². The van der Waals surface area contributed by atoms with E-state index in [4.69, 9.17) is 4.74 Å². The first-order valence-corrected chi connectivity index (χ1v) is 9.89. The SMILES string of the molecule is CCOC(=O)N1CCC(NC(=O)CCC2NC(=O)c3ccccc3NC2=O)CC1. The zero-order valence-electron chi connectivity index (χ0n) is 16.4. The van der Waals surface area contributed by atoms with Crippen LogP contribution in [0.25, 0.3) is 0 Å². The fourth-order valence-electron chi connectivity index (χ4n) is 3.51. The van der Waals surface area contributed by atoms with Crippen LogP contribution in [0.1, 0.15) is 43.0 Å². The van der Waals surface area contributed by atoms with Crippen molar-refractivity contribution in [1.29, 1.82) is 0 Å². The van der Waals surface area contributed by atoms with Gasteiger partial charge in [0, 0.05) is 25.6 Å². The number of fused-ring (bicyclic) bond motifs is 1. The number of anilines is 1. The van der Waals surface area contributed by atoms with Crippen LogP contribution in [0, 0.1) is 0 Å². The molecule has 2 aliphatic heterocycles. The third kappa shape index (κ3) is 5.24. The predicted molar refractivity (Wildman–Crippen MR) is 105 cm³/mol. The van der Waals surface area contributed by atoms with E-state index in [-0.39, 0.29) is 42.7 Å². The Morgan fingerprint density at radius 2 is 1.93 bits per heavy atom. The molecule has 0 aliphatic carbocycles.